The summed E-state index contributed by atoms with van der Waals surface area (Å²) >= 11 is 0. The van der Waals surface area contributed by atoms with Crippen molar-refractivity contribution >= 4 is 32.9 Å². The SMILES string of the molecule is CCOc1ccccc1N(c1nc2ncccc2c(=O)[nH]1)S(=O)(=O)N1CCNC(c2ccccc2)C1. The van der Waals surface area contributed by atoms with E-state index in [-0.39, 0.29) is 41.8 Å². The van der Waals surface area contributed by atoms with Gasteiger partial charge in [0.2, 0.25) is 5.95 Å². The summed E-state index contributed by atoms with van der Waals surface area (Å²) in [6.07, 6.45) is 1.51. The Morgan fingerprint density at radius 1 is 1.08 bits per heavy atom. The first-order valence-corrected chi connectivity index (χ1v) is 13.0. The van der Waals surface area contributed by atoms with Crippen molar-refractivity contribution in [3.63, 3.8) is 0 Å². The highest BCUT2D eigenvalue weighted by atomic mass is 32.2. The molecule has 0 spiro atoms. The van der Waals surface area contributed by atoms with Crippen LogP contribution < -0.4 is 19.9 Å². The van der Waals surface area contributed by atoms with Crippen LogP contribution in [0.15, 0.2) is 77.7 Å². The van der Waals surface area contributed by atoms with Crippen LogP contribution in [0.25, 0.3) is 11.0 Å². The van der Waals surface area contributed by atoms with Gasteiger partial charge in [0.05, 0.1) is 12.0 Å². The summed E-state index contributed by atoms with van der Waals surface area (Å²) in [5, 5.41) is 3.65. The second-order valence-electron chi connectivity index (χ2n) is 8.21. The Bertz CT molecular complexity index is 1530. The third kappa shape index (κ3) is 4.55. The van der Waals surface area contributed by atoms with Crippen molar-refractivity contribution in [1.82, 2.24) is 24.6 Å². The molecule has 2 N–H and O–H groups in total. The molecule has 0 bridgehead atoms. The number of hydrogen-bond donors (Lipinski definition) is 2. The number of aromatic nitrogens is 3. The molecule has 36 heavy (non-hydrogen) atoms. The molecule has 0 aliphatic carbocycles. The zero-order valence-electron chi connectivity index (χ0n) is 19.7. The third-order valence-electron chi connectivity index (χ3n) is 5.94. The monoisotopic (exact) mass is 506 g/mol. The van der Waals surface area contributed by atoms with Gasteiger partial charge in [0.1, 0.15) is 11.4 Å². The zero-order valence-corrected chi connectivity index (χ0v) is 20.5. The van der Waals surface area contributed by atoms with Gasteiger partial charge in [-0.1, -0.05) is 42.5 Å². The number of rotatable bonds is 7. The van der Waals surface area contributed by atoms with E-state index >= 15 is 0 Å². The van der Waals surface area contributed by atoms with E-state index in [2.05, 4.69) is 20.3 Å². The van der Waals surface area contributed by atoms with Crippen LogP contribution in [0.1, 0.15) is 18.5 Å². The molecule has 1 saturated heterocycles. The lowest BCUT2D eigenvalue weighted by Gasteiger charge is -2.36. The van der Waals surface area contributed by atoms with Gasteiger partial charge in [0, 0.05) is 31.9 Å². The van der Waals surface area contributed by atoms with Crippen molar-refractivity contribution in [3.8, 4) is 5.75 Å². The molecule has 4 aromatic rings. The second kappa shape index (κ2) is 10.1. The lowest BCUT2D eigenvalue weighted by atomic mass is 10.1. The highest BCUT2D eigenvalue weighted by molar-refractivity contribution is 7.90. The molecule has 3 heterocycles. The fraction of sp³-hybridized carbons (Fsp3) is 0.240. The molecule has 2 aromatic carbocycles. The van der Waals surface area contributed by atoms with Crippen LogP contribution in [-0.4, -0.2) is 53.9 Å². The molecule has 1 aliphatic heterocycles. The lowest BCUT2D eigenvalue weighted by Crippen LogP contribution is -2.52. The van der Waals surface area contributed by atoms with Crippen LogP contribution >= 0.6 is 0 Å². The van der Waals surface area contributed by atoms with Gasteiger partial charge >= 0.3 is 10.2 Å². The van der Waals surface area contributed by atoms with E-state index in [1.807, 2.05) is 37.3 Å². The molecule has 0 amide bonds. The molecular formula is C25H26N6O4S. The Hall–Kier alpha value is -3.80. The zero-order chi connectivity index (χ0) is 25.1. The van der Waals surface area contributed by atoms with Crippen LogP contribution in [0.4, 0.5) is 11.6 Å². The summed E-state index contributed by atoms with van der Waals surface area (Å²) in [7, 11) is -4.21. The van der Waals surface area contributed by atoms with Crippen LogP contribution in [0.5, 0.6) is 5.75 Å². The topological polar surface area (TPSA) is 121 Å². The lowest BCUT2D eigenvalue weighted by molar-refractivity contribution is 0.301. The van der Waals surface area contributed by atoms with E-state index < -0.39 is 15.8 Å². The normalized spacial score (nSPS) is 16.6. The average molecular weight is 507 g/mol. The maximum absolute atomic E-state index is 14.3. The van der Waals surface area contributed by atoms with Gasteiger partial charge in [-0.2, -0.15) is 22.0 Å². The molecular weight excluding hydrogens is 480 g/mol. The first-order chi connectivity index (χ1) is 17.5. The van der Waals surface area contributed by atoms with Gasteiger partial charge in [0.25, 0.3) is 5.56 Å². The summed E-state index contributed by atoms with van der Waals surface area (Å²) in [6.45, 7) is 3.06. The van der Waals surface area contributed by atoms with Crippen molar-refractivity contribution < 1.29 is 13.2 Å². The number of fused-ring (bicyclic) bond motifs is 1. The minimum atomic E-state index is -4.21. The standard InChI is InChI=1S/C25H26N6O4S/c1-2-35-22-13-7-6-12-21(22)31(25-28-23-19(24(32)29-25)11-8-14-27-23)36(33,34)30-16-15-26-20(17-30)18-9-4-3-5-10-18/h3-14,20,26H,2,15-17H2,1H3,(H,27,28,29,32). The van der Waals surface area contributed by atoms with E-state index in [1.54, 1.807) is 36.4 Å². The summed E-state index contributed by atoms with van der Waals surface area (Å²) < 4.78 is 36.7. The number of hydrogen-bond acceptors (Lipinski definition) is 7. The Labute approximate surface area is 208 Å². The first-order valence-electron chi connectivity index (χ1n) is 11.6. The number of ether oxygens (including phenoxy) is 1. The number of pyridine rings is 1. The molecule has 5 rings (SSSR count). The maximum atomic E-state index is 14.3. The van der Waals surface area contributed by atoms with E-state index in [1.165, 1.54) is 10.5 Å². The fourth-order valence-electron chi connectivity index (χ4n) is 4.26. The van der Waals surface area contributed by atoms with Gasteiger partial charge in [-0.3, -0.25) is 9.78 Å². The van der Waals surface area contributed by atoms with Gasteiger partial charge < -0.3 is 10.1 Å². The van der Waals surface area contributed by atoms with Crippen LogP contribution in [-0.2, 0) is 10.2 Å². The average Bonchev–Trinajstić information content (AvgIpc) is 2.90. The van der Waals surface area contributed by atoms with Gasteiger partial charge in [0.15, 0.2) is 5.65 Å². The number of H-pyrrole nitrogens is 1. The highest BCUT2D eigenvalue weighted by Gasteiger charge is 2.38. The van der Waals surface area contributed by atoms with Crippen molar-refractivity contribution in [1.29, 1.82) is 0 Å². The van der Waals surface area contributed by atoms with E-state index in [9.17, 15) is 13.2 Å². The highest BCUT2D eigenvalue weighted by Crippen LogP contribution is 2.36. The minimum absolute atomic E-state index is 0.146. The molecule has 1 atom stereocenters. The summed E-state index contributed by atoms with van der Waals surface area (Å²) in [4.78, 5) is 24.1. The quantitative estimate of drug-likeness (QED) is 0.395. The second-order valence-corrected chi connectivity index (χ2v) is 9.99. The molecule has 11 heteroatoms. The number of para-hydroxylation sites is 2. The number of aromatic amines is 1. The predicted molar refractivity (Wildman–Crippen MR) is 138 cm³/mol. The Balaban J connectivity index is 1.64. The third-order valence-corrected chi connectivity index (χ3v) is 7.76. The Kier molecular flexibility index (Phi) is 6.68. The molecule has 1 aliphatic rings. The Morgan fingerprint density at radius 2 is 1.86 bits per heavy atom. The fourth-order valence-corrected chi connectivity index (χ4v) is 5.86. The summed E-state index contributed by atoms with van der Waals surface area (Å²) in [6, 6.07) is 19.5. The van der Waals surface area contributed by atoms with E-state index in [0.29, 0.717) is 18.9 Å². The van der Waals surface area contributed by atoms with Crippen molar-refractivity contribution in [2.45, 2.75) is 13.0 Å². The minimum Gasteiger partial charge on any atom is -0.492 e. The molecule has 186 valence electrons. The van der Waals surface area contributed by atoms with Crippen molar-refractivity contribution in [2.75, 3.05) is 30.5 Å². The van der Waals surface area contributed by atoms with Gasteiger partial charge in [-0.25, -0.2) is 4.98 Å². The smallest absolute Gasteiger partial charge is 0.311 e. The molecule has 1 unspecified atom stereocenters. The van der Waals surface area contributed by atoms with Crippen LogP contribution in [0.3, 0.4) is 0 Å². The number of benzene rings is 2. The summed E-state index contributed by atoms with van der Waals surface area (Å²) in [5.74, 6) is 0.190. The number of piperazine rings is 1. The summed E-state index contributed by atoms with van der Waals surface area (Å²) in [5.41, 5.74) is 0.889. The number of nitrogens with one attached hydrogen (secondary N) is 2. The number of nitrogens with zero attached hydrogens (tertiary/aromatic N) is 4. The van der Waals surface area contributed by atoms with E-state index in [4.69, 9.17) is 4.74 Å². The molecule has 2 aromatic heterocycles. The Morgan fingerprint density at radius 3 is 2.67 bits per heavy atom. The van der Waals surface area contributed by atoms with Gasteiger partial charge in [-0.05, 0) is 36.8 Å². The van der Waals surface area contributed by atoms with Gasteiger partial charge in [-0.15, -0.1) is 0 Å². The largest absolute Gasteiger partial charge is 0.492 e. The molecule has 1 fully saturated rings. The maximum Gasteiger partial charge on any atom is 0.311 e. The van der Waals surface area contributed by atoms with Crippen LogP contribution in [0.2, 0.25) is 0 Å². The number of anilines is 2. The van der Waals surface area contributed by atoms with Crippen LogP contribution in [0, 0.1) is 0 Å². The first kappa shape index (κ1) is 23.9. The van der Waals surface area contributed by atoms with Crippen molar-refractivity contribution in [3.05, 3.63) is 88.8 Å². The van der Waals surface area contributed by atoms with Crippen molar-refractivity contribution in [2.24, 2.45) is 0 Å². The molecule has 10 nitrogen and oxygen atoms in total. The molecule has 0 saturated carbocycles. The predicted octanol–water partition coefficient (Wildman–Crippen LogP) is 2.75. The molecule has 0 radical (unpaired) electrons. The van der Waals surface area contributed by atoms with E-state index in [0.717, 1.165) is 9.87 Å².